The summed E-state index contributed by atoms with van der Waals surface area (Å²) in [7, 11) is 0. The van der Waals surface area contributed by atoms with E-state index in [9.17, 15) is 9.59 Å². The molecule has 0 unspecified atom stereocenters. The van der Waals surface area contributed by atoms with Crippen LogP contribution in [0.15, 0.2) is 0 Å². The van der Waals surface area contributed by atoms with Gasteiger partial charge in [-0.25, -0.2) is 9.59 Å². The Morgan fingerprint density at radius 3 is 2.47 bits per heavy atom. The van der Waals surface area contributed by atoms with Crippen molar-refractivity contribution in [2.75, 3.05) is 13.1 Å². The van der Waals surface area contributed by atoms with Crippen LogP contribution in [0.25, 0.3) is 0 Å². The average molecular weight is 271 g/mol. The van der Waals surface area contributed by atoms with Crippen LogP contribution >= 0.6 is 0 Å². The highest BCUT2D eigenvalue weighted by Crippen LogP contribution is 2.11. The fourth-order valence-electron chi connectivity index (χ4n) is 1.88. The number of nitrogens with zero attached hydrogens (tertiary/aromatic N) is 1. The molecule has 3 amide bonds. The molecule has 0 aromatic carbocycles. The number of amides is 3. The molecule has 0 aliphatic carbocycles. The van der Waals surface area contributed by atoms with Crippen molar-refractivity contribution in [1.29, 1.82) is 0 Å². The standard InChI is InChI=1S/C13H25N3O3/c1-9(2)14-11(17)16-7-6-10(8-16)15-12(18)19-13(3,4)5/h9-10H,6-8H2,1-5H3,(H,14,17)(H,15,18)/t10-/m0/s1. The predicted octanol–water partition coefficient (Wildman–Crippen LogP) is 1.70. The molecule has 0 aromatic rings. The third-order valence-corrected chi connectivity index (χ3v) is 2.61. The molecule has 1 aliphatic heterocycles. The van der Waals surface area contributed by atoms with E-state index in [-0.39, 0.29) is 18.1 Å². The number of carbonyl (C=O) groups is 2. The molecule has 1 rings (SSSR count). The summed E-state index contributed by atoms with van der Waals surface area (Å²) in [5, 5.41) is 5.63. The molecule has 1 fully saturated rings. The Labute approximate surface area is 114 Å². The molecule has 6 heteroatoms. The third kappa shape index (κ3) is 5.81. The van der Waals surface area contributed by atoms with Gasteiger partial charge in [0.15, 0.2) is 0 Å². The summed E-state index contributed by atoms with van der Waals surface area (Å²) < 4.78 is 5.19. The first-order valence-electron chi connectivity index (χ1n) is 6.72. The zero-order chi connectivity index (χ0) is 14.6. The molecule has 19 heavy (non-hydrogen) atoms. The van der Waals surface area contributed by atoms with Gasteiger partial charge in [0.1, 0.15) is 5.60 Å². The van der Waals surface area contributed by atoms with E-state index in [2.05, 4.69) is 10.6 Å². The normalized spacial score (nSPS) is 19.5. The highest BCUT2D eigenvalue weighted by atomic mass is 16.6. The van der Waals surface area contributed by atoms with Crippen molar-refractivity contribution in [3.63, 3.8) is 0 Å². The summed E-state index contributed by atoms with van der Waals surface area (Å²) in [5.41, 5.74) is -0.503. The van der Waals surface area contributed by atoms with Crippen LogP contribution in [-0.2, 0) is 4.74 Å². The van der Waals surface area contributed by atoms with Gasteiger partial charge in [-0.1, -0.05) is 0 Å². The van der Waals surface area contributed by atoms with Crippen LogP contribution in [0.3, 0.4) is 0 Å². The van der Waals surface area contributed by atoms with Crippen molar-refractivity contribution in [1.82, 2.24) is 15.5 Å². The molecule has 0 radical (unpaired) electrons. The molecule has 1 aliphatic rings. The van der Waals surface area contributed by atoms with Crippen LogP contribution in [0.4, 0.5) is 9.59 Å². The minimum Gasteiger partial charge on any atom is -0.444 e. The molecule has 1 heterocycles. The largest absolute Gasteiger partial charge is 0.444 e. The number of hydrogen-bond acceptors (Lipinski definition) is 3. The van der Waals surface area contributed by atoms with Crippen molar-refractivity contribution in [3.05, 3.63) is 0 Å². The maximum Gasteiger partial charge on any atom is 0.407 e. The van der Waals surface area contributed by atoms with E-state index in [0.29, 0.717) is 13.1 Å². The number of urea groups is 1. The monoisotopic (exact) mass is 271 g/mol. The second-order valence-electron chi connectivity index (χ2n) is 6.18. The number of likely N-dealkylation sites (tertiary alicyclic amines) is 1. The Morgan fingerprint density at radius 1 is 1.32 bits per heavy atom. The Morgan fingerprint density at radius 2 is 1.95 bits per heavy atom. The smallest absolute Gasteiger partial charge is 0.407 e. The van der Waals surface area contributed by atoms with Crippen LogP contribution in [-0.4, -0.2) is 47.8 Å². The fraction of sp³-hybridized carbons (Fsp3) is 0.846. The number of carbonyl (C=O) groups excluding carboxylic acids is 2. The summed E-state index contributed by atoms with van der Waals surface area (Å²) >= 11 is 0. The predicted molar refractivity (Wildman–Crippen MR) is 73.0 cm³/mol. The van der Waals surface area contributed by atoms with E-state index < -0.39 is 11.7 Å². The first kappa shape index (κ1) is 15.6. The van der Waals surface area contributed by atoms with Crippen molar-refractivity contribution in [2.24, 2.45) is 0 Å². The van der Waals surface area contributed by atoms with Gasteiger partial charge in [0, 0.05) is 19.1 Å². The van der Waals surface area contributed by atoms with Crippen LogP contribution < -0.4 is 10.6 Å². The topological polar surface area (TPSA) is 70.7 Å². The highest BCUT2D eigenvalue weighted by molar-refractivity contribution is 5.75. The van der Waals surface area contributed by atoms with Gasteiger partial charge in [0.2, 0.25) is 0 Å². The SMILES string of the molecule is CC(C)NC(=O)N1CC[C@H](NC(=O)OC(C)(C)C)C1. The maximum atomic E-state index is 11.8. The molecule has 0 saturated carbocycles. The number of alkyl carbamates (subject to hydrolysis) is 1. The second-order valence-corrected chi connectivity index (χ2v) is 6.18. The van der Waals surface area contributed by atoms with Gasteiger partial charge in [0.25, 0.3) is 0 Å². The first-order chi connectivity index (χ1) is 8.67. The third-order valence-electron chi connectivity index (χ3n) is 2.61. The van der Waals surface area contributed by atoms with Crippen molar-refractivity contribution < 1.29 is 14.3 Å². The van der Waals surface area contributed by atoms with Gasteiger partial charge in [0.05, 0.1) is 6.04 Å². The summed E-state index contributed by atoms with van der Waals surface area (Å²) in [5.74, 6) is 0. The zero-order valence-corrected chi connectivity index (χ0v) is 12.4. The lowest BCUT2D eigenvalue weighted by Gasteiger charge is -2.22. The molecule has 0 bridgehead atoms. The van der Waals surface area contributed by atoms with Gasteiger partial charge < -0.3 is 20.3 Å². The number of ether oxygens (including phenoxy) is 1. The lowest BCUT2D eigenvalue weighted by Crippen LogP contribution is -2.44. The molecular weight excluding hydrogens is 246 g/mol. The fourth-order valence-corrected chi connectivity index (χ4v) is 1.88. The summed E-state index contributed by atoms with van der Waals surface area (Å²) in [4.78, 5) is 25.1. The van der Waals surface area contributed by atoms with E-state index in [0.717, 1.165) is 6.42 Å². The van der Waals surface area contributed by atoms with Gasteiger partial charge in [-0.3, -0.25) is 0 Å². The van der Waals surface area contributed by atoms with Crippen LogP contribution in [0.1, 0.15) is 41.0 Å². The van der Waals surface area contributed by atoms with Crippen molar-refractivity contribution >= 4 is 12.1 Å². The molecule has 0 aromatic heterocycles. The molecule has 0 spiro atoms. The van der Waals surface area contributed by atoms with Gasteiger partial charge >= 0.3 is 12.1 Å². The van der Waals surface area contributed by atoms with Gasteiger partial charge in [-0.2, -0.15) is 0 Å². The van der Waals surface area contributed by atoms with Crippen LogP contribution in [0.2, 0.25) is 0 Å². The number of nitrogens with one attached hydrogen (secondary N) is 2. The Kier molecular flexibility index (Phi) is 5.03. The molecule has 1 saturated heterocycles. The molecular formula is C13H25N3O3. The van der Waals surface area contributed by atoms with E-state index in [1.165, 1.54) is 0 Å². The maximum absolute atomic E-state index is 11.8. The summed E-state index contributed by atoms with van der Waals surface area (Å²) in [6.07, 6.45) is 0.328. The van der Waals surface area contributed by atoms with E-state index >= 15 is 0 Å². The number of hydrogen-bond donors (Lipinski definition) is 2. The van der Waals surface area contributed by atoms with E-state index in [1.54, 1.807) is 4.90 Å². The second kappa shape index (κ2) is 6.12. The van der Waals surface area contributed by atoms with Crippen LogP contribution in [0.5, 0.6) is 0 Å². The van der Waals surface area contributed by atoms with E-state index in [1.807, 2.05) is 34.6 Å². The molecule has 110 valence electrons. The number of rotatable bonds is 2. The minimum atomic E-state index is -0.503. The quantitative estimate of drug-likeness (QED) is 0.803. The van der Waals surface area contributed by atoms with E-state index in [4.69, 9.17) is 4.74 Å². The lowest BCUT2D eigenvalue weighted by atomic mass is 10.2. The molecule has 1 atom stereocenters. The summed E-state index contributed by atoms with van der Waals surface area (Å²) in [6, 6.07) is 0.00150. The Hall–Kier alpha value is -1.46. The van der Waals surface area contributed by atoms with Gasteiger partial charge in [-0.05, 0) is 41.0 Å². The zero-order valence-electron chi connectivity index (χ0n) is 12.4. The first-order valence-corrected chi connectivity index (χ1v) is 6.72. The van der Waals surface area contributed by atoms with Gasteiger partial charge in [-0.15, -0.1) is 0 Å². The van der Waals surface area contributed by atoms with Crippen LogP contribution in [0, 0.1) is 0 Å². The summed E-state index contributed by atoms with van der Waals surface area (Å²) in [6.45, 7) is 10.5. The Balaban J connectivity index is 2.36. The molecule has 2 N–H and O–H groups in total. The highest BCUT2D eigenvalue weighted by Gasteiger charge is 2.28. The minimum absolute atomic E-state index is 0.0345. The Bertz CT molecular complexity index is 337. The lowest BCUT2D eigenvalue weighted by molar-refractivity contribution is 0.0506. The average Bonchev–Trinajstić information content (AvgIpc) is 2.61. The molecule has 6 nitrogen and oxygen atoms in total. The van der Waals surface area contributed by atoms with Crippen molar-refractivity contribution in [3.8, 4) is 0 Å². The van der Waals surface area contributed by atoms with Crippen molar-refractivity contribution in [2.45, 2.75) is 58.7 Å².